The van der Waals surface area contributed by atoms with Gasteiger partial charge in [0.2, 0.25) is 0 Å². The molecule has 38 heavy (non-hydrogen) atoms. The predicted molar refractivity (Wildman–Crippen MR) is 142 cm³/mol. The van der Waals surface area contributed by atoms with Crippen molar-refractivity contribution in [3.63, 3.8) is 0 Å². The van der Waals surface area contributed by atoms with Crippen LogP contribution in [-0.2, 0) is 4.74 Å². The van der Waals surface area contributed by atoms with E-state index in [1.165, 1.54) is 22.3 Å². The van der Waals surface area contributed by atoms with E-state index in [1.54, 1.807) is 18.3 Å². The molecule has 11 heteroatoms. The SMILES string of the molecule is CN1CCC(NC(=O)c2ccc3c(c2)sc2nc(-c4ccc(OC(=O)N5CCOCC5)cc4F)cn23)CC1. The molecular formula is C27H28FN5O4S. The number of hydrogen-bond donors (Lipinski definition) is 1. The van der Waals surface area contributed by atoms with E-state index in [2.05, 4.69) is 22.2 Å². The number of carbonyl (C=O) groups is 2. The maximum atomic E-state index is 15.0. The highest BCUT2D eigenvalue weighted by atomic mass is 32.1. The lowest BCUT2D eigenvalue weighted by molar-refractivity contribution is 0.0415. The van der Waals surface area contributed by atoms with Crippen molar-refractivity contribution in [2.75, 3.05) is 46.4 Å². The number of piperidine rings is 1. The van der Waals surface area contributed by atoms with E-state index in [0.29, 0.717) is 48.1 Å². The third-order valence-electron chi connectivity index (χ3n) is 7.10. The number of thiazole rings is 1. The number of hydrogen-bond acceptors (Lipinski definition) is 7. The highest BCUT2D eigenvalue weighted by Crippen LogP contribution is 2.32. The van der Waals surface area contributed by atoms with Crippen LogP contribution in [0.3, 0.4) is 0 Å². The Morgan fingerprint density at radius 1 is 1.11 bits per heavy atom. The lowest BCUT2D eigenvalue weighted by atomic mass is 10.0. The normalized spacial score (nSPS) is 17.3. The Morgan fingerprint density at radius 3 is 2.66 bits per heavy atom. The Kier molecular flexibility index (Phi) is 6.73. The molecule has 2 aromatic carbocycles. The number of halogens is 1. The van der Waals surface area contributed by atoms with Crippen molar-refractivity contribution in [2.24, 2.45) is 0 Å². The number of amides is 2. The minimum atomic E-state index is -0.528. The minimum Gasteiger partial charge on any atom is -0.410 e. The first-order chi connectivity index (χ1) is 18.4. The van der Waals surface area contributed by atoms with Crippen molar-refractivity contribution in [3.05, 3.63) is 54.0 Å². The van der Waals surface area contributed by atoms with E-state index in [4.69, 9.17) is 9.47 Å². The summed E-state index contributed by atoms with van der Waals surface area (Å²) in [6, 6.07) is 10.1. The number of nitrogens with zero attached hydrogens (tertiary/aromatic N) is 4. The number of rotatable bonds is 4. The largest absolute Gasteiger partial charge is 0.415 e. The molecule has 0 bridgehead atoms. The molecule has 2 fully saturated rings. The van der Waals surface area contributed by atoms with E-state index >= 15 is 4.39 Å². The summed E-state index contributed by atoms with van der Waals surface area (Å²) in [5.74, 6) is -0.454. The van der Waals surface area contributed by atoms with E-state index in [-0.39, 0.29) is 17.7 Å². The maximum Gasteiger partial charge on any atom is 0.415 e. The molecule has 2 aliphatic rings. The van der Waals surface area contributed by atoms with Gasteiger partial charge in [0, 0.05) is 42.5 Å². The molecule has 2 amide bonds. The van der Waals surface area contributed by atoms with Crippen molar-refractivity contribution < 1.29 is 23.5 Å². The zero-order chi connectivity index (χ0) is 26.2. The zero-order valence-corrected chi connectivity index (χ0v) is 21.8. The topological polar surface area (TPSA) is 88.4 Å². The summed E-state index contributed by atoms with van der Waals surface area (Å²) in [6.07, 6.45) is 3.17. The molecule has 2 saturated heterocycles. The average Bonchev–Trinajstić information content (AvgIpc) is 3.48. The maximum absolute atomic E-state index is 15.0. The van der Waals surface area contributed by atoms with Gasteiger partial charge in [0.05, 0.1) is 29.1 Å². The van der Waals surface area contributed by atoms with E-state index in [1.807, 2.05) is 22.6 Å². The summed E-state index contributed by atoms with van der Waals surface area (Å²) < 4.78 is 28.4. The number of aromatic nitrogens is 2. The molecule has 2 aromatic heterocycles. The van der Waals surface area contributed by atoms with Crippen LogP contribution in [0.5, 0.6) is 5.75 Å². The van der Waals surface area contributed by atoms with Crippen LogP contribution < -0.4 is 10.1 Å². The van der Waals surface area contributed by atoms with Gasteiger partial charge in [0.1, 0.15) is 11.6 Å². The second-order valence-electron chi connectivity index (χ2n) is 9.72. The number of carbonyl (C=O) groups excluding carboxylic acids is 2. The standard InChI is InChI=1S/C27H28FN5O4S/c1-31-8-6-18(7-9-31)29-25(34)17-2-5-23-24(14-17)38-26-30-22(16-33(23)26)20-4-3-19(15-21(20)28)37-27(35)32-10-12-36-13-11-32/h2-5,14-16,18H,6-13H2,1H3,(H,29,34). The average molecular weight is 538 g/mol. The van der Waals surface area contributed by atoms with Crippen LogP contribution >= 0.6 is 11.3 Å². The van der Waals surface area contributed by atoms with Crippen molar-refractivity contribution in [1.29, 1.82) is 0 Å². The number of imidazole rings is 1. The molecule has 9 nitrogen and oxygen atoms in total. The minimum absolute atomic E-state index is 0.0651. The Hall–Kier alpha value is -3.54. The monoisotopic (exact) mass is 537 g/mol. The molecule has 0 unspecified atom stereocenters. The molecule has 0 atom stereocenters. The number of likely N-dealkylation sites (tertiary alicyclic amines) is 1. The molecule has 0 aliphatic carbocycles. The quantitative estimate of drug-likeness (QED) is 0.423. The highest BCUT2D eigenvalue weighted by Gasteiger charge is 2.22. The van der Waals surface area contributed by atoms with Crippen molar-refractivity contribution in [2.45, 2.75) is 18.9 Å². The highest BCUT2D eigenvalue weighted by molar-refractivity contribution is 7.23. The fraction of sp³-hybridized carbons (Fsp3) is 0.370. The van der Waals surface area contributed by atoms with Crippen LogP contribution in [0.1, 0.15) is 23.2 Å². The third-order valence-corrected chi connectivity index (χ3v) is 8.12. The second kappa shape index (κ2) is 10.3. The van der Waals surface area contributed by atoms with Gasteiger partial charge in [0.25, 0.3) is 5.91 Å². The van der Waals surface area contributed by atoms with Gasteiger partial charge in [0.15, 0.2) is 4.96 Å². The zero-order valence-electron chi connectivity index (χ0n) is 21.0. The summed E-state index contributed by atoms with van der Waals surface area (Å²) >= 11 is 1.45. The molecule has 198 valence electrons. The Morgan fingerprint density at radius 2 is 1.89 bits per heavy atom. The smallest absolute Gasteiger partial charge is 0.410 e. The second-order valence-corrected chi connectivity index (χ2v) is 10.7. The molecule has 6 rings (SSSR count). The van der Waals surface area contributed by atoms with Gasteiger partial charge in [-0.3, -0.25) is 9.20 Å². The molecule has 2 aliphatic heterocycles. The Bertz CT molecular complexity index is 1500. The summed E-state index contributed by atoms with van der Waals surface area (Å²) in [5, 5.41) is 3.16. The Labute approximate surface area is 222 Å². The van der Waals surface area contributed by atoms with Gasteiger partial charge in [-0.1, -0.05) is 11.3 Å². The van der Waals surface area contributed by atoms with Gasteiger partial charge in [-0.2, -0.15) is 0 Å². The van der Waals surface area contributed by atoms with Gasteiger partial charge in [-0.25, -0.2) is 14.2 Å². The number of ether oxygens (including phenoxy) is 2. The summed E-state index contributed by atoms with van der Waals surface area (Å²) in [4.78, 5) is 34.3. The van der Waals surface area contributed by atoms with E-state index in [0.717, 1.165) is 36.1 Å². The van der Waals surface area contributed by atoms with Gasteiger partial charge in [-0.15, -0.1) is 0 Å². The van der Waals surface area contributed by atoms with Crippen LogP contribution in [0.4, 0.5) is 9.18 Å². The first kappa shape index (κ1) is 24.8. The lowest BCUT2D eigenvalue weighted by Crippen LogP contribution is -2.43. The fourth-order valence-corrected chi connectivity index (χ4v) is 5.92. The molecule has 0 spiro atoms. The summed E-state index contributed by atoms with van der Waals surface area (Å²) in [5.41, 5.74) is 2.31. The van der Waals surface area contributed by atoms with Gasteiger partial charge in [-0.05, 0) is 63.3 Å². The molecule has 4 aromatic rings. The van der Waals surface area contributed by atoms with Gasteiger partial charge >= 0.3 is 6.09 Å². The number of fused-ring (bicyclic) bond motifs is 3. The molecule has 0 saturated carbocycles. The Balaban J connectivity index is 1.18. The molecular weight excluding hydrogens is 509 g/mol. The van der Waals surface area contributed by atoms with Crippen molar-refractivity contribution >= 4 is 38.5 Å². The third kappa shape index (κ3) is 4.96. The van der Waals surface area contributed by atoms with Crippen LogP contribution in [0, 0.1) is 5.82 Å². The summed E-state index contributed by atoms with van der Waals surface area (Å²) in [6.45, 7) is 3.78. The van der Waals surface area contributed by atoms with Crippen LogP contribution in [-0.4, -0.2) is 83.7 Å². The van der Waals surface area contributed by atoms with Crippen molar-refractivity contribution in [3.8, 4) is 17.0 Å². The van der Waals surface area contributed by atoms with Crippen LogP contribution in [0.25, 0.3) is 26.4 Å². The molecule has 4 heterocycles. The van der Waals surface area contributed by atoms with Gasteiger partial charge < -0.3 is 24.6 Å². The van der Waals surface area contributed by atoms with Crippen LogP contribution in [0.15, 0.2) is 42.6 Å². The van der Waals surface area contributed by atoms with E-state index in [9.17, 15) is 9.59 Å². The number of benzene rings is 2. The first-order valence-electron chi connectivity index (χ1n) is 12.7. The number of morpholine rings is 1. The molecule has 0 radical (unpaired) electrons. The molecule has 1 N–H and O–H groups in total. The van der Waals surface area contributed by atoms with Crippen molar-refractivity contribution in [1.82, 2.24) is 24.5 Å². The first-order valence-corrected chi connectivity index (χ1v) is 13.5. The van der Waals surface area contributed by atoms with Crippen LogP contribution in [0.2, 0.25) is 0 Å². The van der Waals surface area contributed by atoms with E-state index < -0.39 is 11.9 Å². The number of nitrogens with one attached hydrogen (secondary N) is 1. The lowest BCUT2D eigenvalue weighted by Gasteiger charge is -2.29. The fourth-order valence-electron chi connectivity index (χ4n) is 4.87. The summed E-state index contributed by atoms with van der Waals surface area (Å²) in [7, 11) is 2.10. The predicted octanol–water partition coefficient (Wildman–Crippen LogP) is 4.01.